The van der Waals surface area contributed by atoms with Gasteiger partial charge in [-0.05, 0) is 56.1 Å². The van der Waals surface area contributed by atoms with Crippen molar-refractivity contribution >= 4 is 64.9 Å². The van der Waals surface area contributed by atoms with E-state index in [1.165, 1.54) is 6.07 Å². The minimum Gasteiger partial charge on any atom is -0.478 e. The largest absolute Gasteiger partial charge is 0.478 e. The average Bonchev–Trinajstić information content (AvgIpc) is 2.71. The van der Waals surface area contributed by atoms with Gasteiger partial charge in [0.25, 0.3) is 10.0 Å². The Balaban J connectivity index is 2.43. The Kier molecular flexibility index (Phi) is 4.71. The molecule has 2 rings (SSSR count). The highest BCUT2D eigenvalue weighted by Gasteiger charge is 2.22. The molecule has 112 valence electrons. The molecule has 10 heteroatoms. The predicted octanol–water partition coefficient (Wildman–Crippen LogP) is 3.91. The molecule has 0 unspecified atom stereocenters. The van der Waals surface area contributed by atoms with Crippen molar-refractivity contribution in [2.24, 2.45) is 0 Å². The van der Waals surface area contributed by atoms with Gasteiger partial charge in [-0.3, -0.25) is 4.72 Å². The second kappa shape index (κ2) is 6.03. The summed E-state index contributed by atoms with van der Waals surface area (Å²) in [5, 5.41) is 8.85. The number of thiophene rings is 1. The smallest absolute Gasteiger partial charge is 0.335 e. The van der Waals surface area contributed by atoms with Crippen LogP contribution in [0.3, 0.4) is 0 Å². The third-order valence-corrected chi connectivity index (χ3v) is 6.49. The Morgan fingerprint density at radius 1 is 1.29 bits per heavy atom. The maximum Gasteiger partial charge on any atom is 0.335 e. The second-order valence-corrected chi connectivity index (χ2v) is 9.19. The molecule has 0 saturated heterocycles. The topological polar surface area (TPSA) is 83.5 Å². The van der Waals surface area contributed by atoms with Gasteiger partial charge >= 0.3 is 5.97 Å². The summed E-state index contributed by atoms with van der Waals surface area (Å²) in [4.78, 5) is 10.8. The molecule has 0 saturated carbocycles. The van der Waals surface area contributed by atoms with Gasteiger partial charge in [-0.1, -0.05) is 0 Å². The van der Waals surface area contributed by atoms with Crippen molar-refractivity contribution in [1.29, 1.82) is 0 Å². The number of rotatable bonds is 4. The monoisotopic (exact) mass is 457 g/mol. The molecule has 0 aliphatic carbocycles. The van der Waals surface area contributed by atoms with Gasteiger partial charge in [-0.25, -0.2) is 17.6 Å². The summed E-state index contributed by atoms with van der Waals surface area (Å²) < 4.78 is 41.0. The molecule has 1 aromatic heterocycles. The second-order valence-electron chi connectivity index (χ2n) is 3.79. The van der Waals surface area contributed by atoms with Crippen molar-refractivity contribution in [2.75, 3.05) is 4.72 Å². The van der Waals surface area contributed by atoms with Crippen LogP contribution in [0.15, 0.2) is 36.7 Å². The Labute approximate surface area is 140 Å². The number of halogens is 3. The normalized spacial score (nSPS) is 11.4. The van der Waals surface area contributed by atoms with E-state index in [0.717, 1.165) is 29.5 Å². The molecule has 0 amide bonds. The highest BCUT2D eigenvalue weighted by atomic mass is 79.9. The summed E-state index contributed by atoms with van der Waals surface area (Å²) in [6.45, 7) is 0. The molecular formula is C11H6Br2FNO4S2. The minimum atomic E-state index is -4.04. The third kappa shape index (κ3) is 3.62. The number of carboxylic acid groups (broad SMARTS) is 1. The van der Waals surface area contributed by atoms with Crippen molar-refractivity contribution < 1.29 is 22.7 Å². The third-order valence-electron chi connectivity index (χ3n) is 2.37. The molecule has 0 bridgehead atoms. The van der Waals surface area contributed by atoms with E-state index in [1.54, 1.807) is 0 Å². The average molecular weight is 459 g/mol. The summed E-state index contributed by atoms with van der Waals surface area (Å²) in [6, 6.07) is 4.22. The van der Waals surface area contributed by atoms with E-state index in [2.05, 4.69) is 31.9 Å². The number of nitrogens with one attached hydrogen (secondary N) is 1. The van der Waals surface area contributed by atoms with Crippen molar-refractivity contribution in [1.82, 2.24) is 0 Å². The van der Waals surface area contributed by atoms with Crippen LogP contribution in [0.1, 0.15) is 10.4 Å². The van der Waals surface area contributed by atoms with E-state index in [9.17, 15) is 17.6 Å². The molecule has 0 aliphatic heterocycles. The fourth-order valence-corrected chi connectivity index (χ4v) is 6.32. The van der Waals surface area contributed by atoms with Gasteiger partial charge in [-0.2, -0.15) is 0 Å². The lowest BCUT2D eigenvalue weighted by Crippen LogP contribution is -2.14. The van der Waals surface area contributed by atoms with Crippen LogP contribution in [0.2, 0.25) is 0 Å². The van der Waals surface area contributed by atoms with E-state index in [1.807, 2.05) is 4.72 Å². The number of hydrogen-bond acceptors (Lipinski definition) is 4. The Bertz CT molecular complexity index is 820. The lowest BCUT2D eigenvalue weighted by molar-refractivity contribution is 0.0697. The summed E-state index contributed by atoms with van der Waals surface area (Å²) in [6.07, 6.45) is 0. The van der Waals surface area contributed by atoms with Crippen molar-refractivity contribution in [2.45, 2.75) is 4.90 Å². The highest BCUT2D eigenvalue weighted by molar-refractivity contribution is 9.12. The summed E-state index contributed by atoms with van der Waals surface area (Å²) in [7, 11) is -4.04. The Hall–Kier alpha value is -0.970. The lowest BCUT2D eigenvalue weighted by Gasteiger charge is -2.09. The zero-order chi connectivity index (χ0) is 15.8. The molecule has 0 radical (unpaired) electrons. The van der Waals surface area contributed by atoms with E-state index in [-0.39, 0.29) is 10.5 Å². The van der Waals surface area contributed by atoms with Gasteiger partial charge in [-0.15, -0.1) is 11.3 Å². The first-order valence-electron chi connectivity index (χ1n) is 5.21. The van der Waals surface area contributed by atoms with E-state index in [4.69, 9.17) is 5.11 Å². The maximum atomic E-state index is 13.6. The number of carboxylic acids is 1. The number of aromatic carboxylic acids is 1. The molecule has 5 nitrogen and oxygen atoms in total. The number of sulfonamides is 1. The first kappa shape index (κ1) is 16.4. The number of hydrogen-bond donors (Lipinski definition) is 2. The minimum absolute atomic E-state index is 0.0699. The standard InChI is InChI=1S/C11H6Br2FNO4S2/c12-9-4-8(10(13)20-9)21(18,19)15-7-3-5(11(16)17)1-2-6(7)14/h1-4,15H,(H,16,17). The maximum absolute atomic E-state index is 13.6. The van der Waals surface area contributed by atoms with Gasteiger partial charge in [0, 0.05) is 0 Å². The summed E-state index contributed by atoms with van der Waals surface area (Å²) in [5.41, 5.74) is -0.649. The first-order valence-corrected chi connectivity index (χ1v) is 9.10. The van der Waals surface area contributed by atoms with Crippen LogP contribution < -0.4 is 4.72 Å². The zero-order valence-corrected chi connectivity index (χ0v) is 14.7. The van der Waals surface area contributed by atoms with Gasteiger partial charge in [0.15, 0.2) is 0 Å². The van der Waals surface area contributed by atoms with Crippen LogP contribution in [-0.2, 0) is 10.0 Å². The predicted molar refractivity (Wildman–Crippen MR) is 83.9 cm³/mol. The molecule has 0 aliphatic rings. The van der Waals surface area contributed by atoms with Gasteiger partial charge in [0.05, 0.1) is 18.8 Å². The fourth-order valence-electron chi connectivity index (χ4n) is 1.44. The van der Waals surface area contributed by atoms with E-state index >= 15 is 0 Å². The van der Waals surface area contributed by atoms with Crippen LogP contribution in [0.5, 0.6) is 0 Å². The number of anilines is 1. The Morgan fingerprint density at radius 3 is 2.48 bits per heavy atom. The molecule has 0 fully saturated rings. The quantitative estimate of drug-likeness (QED) is 0.727. The lowest BCUT2D eigenvalue weighted by atomic mass is 10.2. The van der Waals surface area contributed by atoms with Gasteiger partial charge in [0.2, 0.25) is 0 Å². The molecule has 0 spiro atoms. The fraction of sp³-hybridized carbons (Fsp3) is 0. The molecule has 1 heterocycles. The zero-order valence-electron chi connectivity index (χ0n) is 9.93. The van der Waals surface area contributed by atoms with Gasteiger partial charge in [0.1, 0.15) is 10.7 Å². The molecule has 21 heavy (non-hydrogen) atoms. The van der Waals surface area contributed by atoms with Crippen molar-refractivity contribution in [3.63, 3.8) is 0 Å². The molecule has 2 N–H and O–H groups in total. The van der Waals surface area contributed by atoms with Crippen LogP contribution in [0, 0.1) is 5.82 Å². The molecular weight excluding hydrogens is 453 g/mol. The highest BCUT2D eigenvalue weighted by Crippen LogP contribution is 2.35. The van der Waals surface area contributed by atoms with Crippen LogP contribution in [-0.4, -0.2) is 19.5 Å². The summed E-state index contributed by atoms with van der Waals surface area (Å²) in [5.74, 6) is -2.15. The first-order chi connectivity index (χ1) is 9.70. The number of carbonyl (C=O) groups is 1. The van der Waals surface area contributed by atoms with Crippen molar-refractivity contribution in [3.05, 3.63) is 43.2 Å². The van der Waals surface area contributed by atoms with Crippen molar-refractivity contribution in [3.8, 4) is 0 Å². The van der Waals surface area contributed by atoms with E-state index in [0.29, 0.717) is 7.57 Å². The van der Waals surface area contributed by atoms with E-state index < -0.39 is 27.5 Å². The van der Waals surface area contributed by atoms with Crippen LogP contribution in [0.25, 0.3) is 0 Å². The molecule has 0 atom stereocenters. The van der Waals surface area contributed by atoms with Gasteiger partial charge < -0.3 is 5.11 Å². The number of benzene rings is 1. The molecule has 1 aromatic carbocycles. The summed E-state index contributed by atoms with van der Waals surface area (Å²) >= 11 is 7.40. The Morgan fingerprint density at radius 2 is 1.95 bits per heavy atom. The van der Waals surface area contributed by atoms with Crippen LogP contribution >= 0.6 is 43.2 Å². The molecule has 2 aromatic rings. The SMILES string of the molecule is O=C(O)c1ccc(F)c(NS(=O)(=O)c2cc(Br)sc2Br)c1. The van der Waals surface area contributed by atoms with Crippen LogP contribution in [0.4, 0.5) is 10.1 Å².